The highest BCUT2D eigenvalue weighted by molar-refractivity contribution is 6.31. The number of benzene rings is 1. The first-order valence-electron chi connectivity index (χ1n) is 5.88. The molecule has 3 N–H and O–H groups in total. The number of aliphatic hydroxyl groups excluding tert-OH is 1. The molecular formula is C13H19ClFNO. The van der Waals surface area contributed by atoms with Crippen molar-refractivity contribution in [2.75, 3.05) is 13.2 Å². The molecule has 0 saturated heterocycles. The Kier molecular flexibility index (Phi) is 5.89. The predicted octanol–water partition coefficient (Wildman–Crippen LogP) is 2.93. The number of rotatable bonds is 6. The SMILES string of the molecule is CCC(CC(CN)CO)c1c(F)cccc1Cl. The Hall–Kier alpha value is -0.640. The molecule has 0 heterocycles. The molecule has 0 saturated carbocycles. The Morgan fingerprint density at radius 3 is 2.65 bits per heavy atom. The van der Waals surface area contributed by atoms with E-state index < -0.39 is 0 Å². The number of hydrogen-bond donors (Lipinski definition) is 2. The van der Waals surface area contributed by atoms with Gasteiger partial charge in [0.1, 0.15) is 5.82 Å². The zero-order valence-corrected chi connectivity index (χ0v) is 10.8. The van der Waals surface area contributed by atoms with Crippen molar-refractivity contribution in [3.05, 3.63) is 34.6 Å². The summed E-state index contributed by atoms with van der Waals surface area (Å²) in [5, 5.41) is 9.60. The van der Waals surface area contributed by atoms with E-state index in [9.17, 15) is 4.39 Å². The molecule has 4 heteroatoms. The Labute approximate surface area is 107 Å². The molecule has 0 aliphatic rings. The first-order chi connectivity index (χ1) is 8.13. The molecule has 2 nitrogen and oxygen atoms in total. The van der Waals surface area contributed by atoms with E-state index in [2.05, 4.69) is 0 Å². The second kappa shape index (κ2) is 6.94. The van der Waals surface area contributed by atoms with Gasteiger partial charge < -0.3 is 10.8 Å². The standard InChI is InChI=1S/C13H19ClFNO/c1-2-10(6-9(7-16)8-17)13-11(14)4-3-5-12(13)15/h3-5,9-10,17H,2,6-8,16H2,1H3. The van der Waals surface area contributed by atoms with Crippen LogP contribution in [0.5, 0.6) is 0 Å². The van der Waals surface area contributed by atoms with Gasteiger partial charge in [0.25, 0.3) is 0 Å². The van der Waals surface area contributed by atoms with E-state index >= 15 is 0 Å². The second-order valence-electron chi connectivity index (χ2n) is 4.26. The molecule has 2 unspecified atom stereocenters. The molecular weight excluding hydrogens is 241 g/mol. The largest absolute Gasteiger partial charge is 0.396 e. The van der Waals surface area contributed by atoms with Crippen molar-refractivity contribution in [2.24, 2.45) is 11.7 Å². The van der Waals surface area contributed by atoms with Gasteiger partial charge in [-0.3, -0.25) is 0 Å². The van der Waals surface area contributed by atoms with E-state index in [1.807, 2.05) is 6.92 Å². The number of aliphatic hydroxyl groups is 1. The molecule has 0 amide bonds. The molecule has 0 aromatic heterocycles. The van der Waals surface area contributed by atoms with Crippen LogP contribution >= 0.6 is 11.6 Å². The third-order valence-electron chi connectivity index (χ3n) is 3.11. The molecule has 0 aliphatic heterocycles. The highest BCUT2D eigenvalue weighted by Crippen LogP contribution is 2.33. The molecule has 2 atom stereocenters. The van der Waals surface area contributed by atoms with E-state index in [-0.39, 0.29) is 24.3 Å². The van der Waals surface area contributed by atoms with Crippen molar-refractivity contribution in [3.8, 4) is 0 Å². The summed E-state index contributed by atoms with van der Waals surface area (Å²) in [5.74, 6) is -0.280. The van der Waals surface area contributed by atoms with Gasteiger partial charge in [0.2, 0.25) is 0 Å². The van der Waals surface area contributed by atoms with Gasteiger partial charge in [0.05, 0.1) is 0 Å². The van der Waals surface area contributed by atoms with E-state index in [0.717, 1.165) is 6.42 Å². The van der Waals surface area contributed by atoms with Crippen molar-refractivity contribution in [1.82, 2.24) is 0 Å². The molecule has 0 bridgehead atoms. The van der Waals surface area contributed by atoms with E-state index in [4.69, 9.17) is 22.4 Å². The van der Waals surface area contributed by atoms with Gasteiger partial charge in [-0.05, 0) is 43.4 Å². The summed E-state index contributed by atoms with van der Waals surface area (Å²) in [6, 6.07) is 4.71. The third-order valence-corrected chi connectivity index (χ3v) is 3.44. The van der Waals surface area contributed by atoms with Crippen LogP contribution in [0.25, 0.3) is 0 Å². The van der Waals surface area contributed by atoms with Gasteiger partial charge in [-0.25, -0.2) is 4.39 Å². The van der Waals surface area contributed by atoms with E-state index in [1.54, 1.807) is 12.1 Å². The highest BCUT2D eigenvalue weighted by Gasteiger charge is 2.20. The molecule has 0 radical (unpaired) electrons. The lowest BCUT2D eigenvalue weighted by atomic mass is 9.87. The van der Waals surface area contributed by atoms with Gasteiger partial charge in [-0.2, -0.15) is 0 Å². The van der Waals surface area contributed by atoms with Crippen molar-refractivity contribution in [2.45, 2.75) is 25.7 Å². The van der Waals surface area contributed by atoms with E-state index in [1.165, 1.54) is 6.07 Å². The van der Waals surface area contributed by atoms with Gasteiger partial charge in [0.15, 0.2) is 0 Å². The number of halogens is 2. The fourth-order valence-corrected chi connectivity index (χ4v) is 2.35. The minimum Gasteiger partial charge on any atom is -0.396 e. The van der Waals surface area contributed by atoms with Crippen LogP contribution in [0.15, 0.2) is 18.2 Å². The molecule has 0 spiro atoms. The fourth-order valence-electron chi connectivity index (χ4n) is 2.04. The zero-order valence-electron chi connectivity index (χ0n) is 10.00. The van der Waals surface area contributed by atoms with Crippen LogP contribution in [0.2, 0.25) is 5.02 Å². The average Bonchev–Trinajstić information content (AvgIpc) is 2.33. The van der Waals surface area contributed by atoms with Crippen LogP contribution in [0.3, 0.4) is 0 Å². The van der Waals surface area contributed by atoms with Gasteiger partial charge in [-0.15, -0.1) is 0 Å². The molecule has 1 aromatic rings. The van der Waals surface area contributed by atoms with Crippen LogP contribution in [-0.4, -0.2) is 18.3 Å². The van der Waals surface area contributed by atoms with Crippen molar-refractivity contribution in [1.29, 1.82) is 0 Å². The van der Waals surface area contributed by atoms with Crippen LogP contribution in [0.1, 0.15) is 31.2 Å². The third kappa shape index (κ3) is 3.66. The van der Waals surface area contributed by atoms with E-state index in [0.29, 0.717) is 23.6 Å². The van der Waals surface area contributed by atoms with Crippen molar-refractivity contribution in [3.63, 3.8) is 0 Å². The summed E-state index contributed by atoms with van der Waals surface area (Å²) < 4.78 is 13.8. The zero-order chi connectivity index (χ0) is 12.8. The summed E-state index contributed by atoms with van der Waals surface area (Å²) in [6.45, 7) is 2.41. The smallest absolute Gasteiger partial charge is 0.128 e. The summed E-state index contributed by atoms with van der Waals surface area (Å²) in [4.78, 5) is 0. The maximum Gasteiger partial charge on any atom is 0.128 e. The monoisotopic (exact) mass is 259 g/mol. The van der Waals surface area contributed by atoms with Gasteiger partial charge >= 0.3 is 0 Å². The number of hydrogen-bond acceptors (Lipinski definition) is 2. The molecule has 1 aromatic carbocycles. The number of nitrogens with two attached hydrogens (primary N) is 1. The van der Waals surface area contributed by atoms with Crippen LogP contribution in [0.4, 0.5) is 4.39 Å². The highest BCUT2D eigenvalue weighted by atomic mass is 35.5. The van der Waals surface area contributed by atoms with Crippen LogP contribution in [-0.2, 0) is 0 Å². The Balaban J connectivity index is 2.93. The lowest BCUT2D eigenvalue weighted by Gasteiger charge is -2.21. The predicted molar refractivity (Wildman–Crippen MR) is 68.7 cm³/mol. The summed E-state index contributed by atoms with van der Waals surface area (Å²) in [6.07, 6.45) is 1.43. The molecule has 0 fully saturated rings. The summed E-state index contributed by atoms with van der Waals surface area (Å²) in [7, 11) is 0. The Morgan fingerprint density at radius 2 is 2.18 bits per heavy atom. The molecule has 17 heavy (non-hydrogen) atoms. The van der Waals surface area contributed by atoms with Crippen LogP contribution < -0.4 is 5.73 Å². The van der Waals surface area contributed by atoms with Crippen LogP contribution in [0, 0.1) is 11.7 Å². The first-order valence-corrected chi connectivity index (χ1v) is 6.26. The maximum absolute atomic E-state index is 13.8. The lowest BCUT2D eigenvalue weighted by molar-refractivity contribution is 0.214. The summed E-state index contributed by atoms with van der Waals surface area (Å²) >= 11 is 6.04. The maximum atomic E-state index is 13.8. The normalized spacial score (nSPS) is 14.6. The van der Waals surface area contributed by atoms with Crippen molar-refractivity contribution < 1.29 is 9.50 Å². The Bertz CT molecular complexity index is 335. The second-order valence-corrected chi connectivity index (χ2v) is 4.67. The topological polar surface area (TPSA) is 46.2 Å². The average molecular weight is 260 g/mol. The molecule has 96 valence electrons. The van der Waals surface area contributed by atoms with Gasteiger partial charge in [-0.1, -0.05) is 24.6 Å². The Morgan fingerprint density at radius 1 is 1.47 bits per heavy atom. The first kappa shape index (κ1) is 14.4. The fraction of sp³-hybridized carbons (Fsp3) is 0.538. The summed E-state index contributed by atoms with van der Waals surface area (Å²) in [5.41, 5.74) is 6.10. The molecule has 1 rings (SSSR count). The minimum absolute atomic E-state index is 0.00405. The molecule has 0 aliphatic carbocycles. The quantitative estimate of drug-likeness (QED) is 0.825. The van der Waals surface area contributed by atoms with Gasteiger partial charge in [0, 0.05) is 17.2 Å². The minimum atomic E-state index is -0.280. The van der Waals surface area contributed by atoms with Crippen molar-refractivity contribution >= 4 is 11.6 Å². The lowest BCUT2D eigenvalue weighted by Crippen LogP contribution is -2.21.